The maximum atomic E-state index is 11.5. The first-order chi connectivity index (χ1) is 12.4. The van der Waals surface area contributed by atoms with Crippen molar-refractivity contribution in [3.63, 3.8) is 0 Å². The fourth-order valence-electron chi connectivity index (χ4n) is 2.17. The lowest BCUT2D eigenvalue weighted by Gasteiger charge is -2.06. The Balaban J connectivity index is 3.38. The van der Waals surface area contributed by atoms with Crippen LogP contribution in [0.3, 0.4) is 0 Å². The van der Waals surface area contributed by atoms with Gasteiger partial charge < -0.3 is 19.7 Å². The van der Waals surface area contributed by atoms with E-state index in [0.29, 0.717) is 64.6 Å². The summed E-state index contributed by atoms with van der Waals surface area (Å²) in [6, 6.07) is 0. The highest BCUT2D eigenvalue weighted by Gasteiger charge is 2.06. The van der Waals surface area contributed by atoms with Gasteiger partial charge in [0.25, 0.3) is 0 Å². The summed E-state index contributed by atoms with van der Waals surface area (Å²) in [7, 11) is 0. The number of aliphatic carboxylic acids is 2. The molecule has 0 unspecified atom stereocenters. The Morgan fingerprint density at radius 3 is 1.19 bits per heavy atom. The third kappa shape index (κ3) is 18.2. The zero-order valence-electron chi connectivity index (χ0n) is 15.2. The van der Waals surface area contributed by atoms with Crippen molar-refractivity contribution in [3.8, 4) is 0 Å². The Morgan fingerprint density at radius 2 is 0.846 bits per heavy atom. The summed E-state index contributed by atoms with van der Waals surface area (Å²) in [4.78, 5) is 43.6. The van der Waals surface area contributed by atoms with Crippen molar-refractivity contribution < 1.29 is 38.9 Å². The minimum absolute atomic E-state index is 0.131. The zero-order valence-corrected chi connectivity index (χ0v) is 15.2. The molecular weight excluding hydrogens is 344 g/mol. The molecule has 2 N–H and O–H groups in total. The number of unbranched alkanes of at least 4 members (excludes halogenated alkanes) is 5. The molecule has 0 aromatic carbocycles. The van der Waals surface area contributed by atoms with Crippen LogP contribution in [0.2, 0.25) is 0 Å². The summed E-state index contributed by atoms with van der Waals surface area (Å²) in [6.07, 6.45) is 5.73. The fraction of sp³-hybridized carbons (Fsp3) is 0.778. The van der Waals surface area contributed by atoms with E-state index in [0.717, 1.165) is 0 Å². The molecule has 0 aliphatic rings. The van der Waals surface area contributed by atoms with Crippen LogP contribution >= 0.6 is 0 Å². The minimum atomic E-state index is -0.821. The van der Waals surface area contributed by atoms with Crippen LogP contribution in [0.4, 0.5) is 0 Å². The average Bonchev–Trinajstić information content (AvgIpc) is 2.57. The smallest absolute Gasteiger partial charge is 0.305 e. The lowest BCUT2D eigenvalue weighted by atomic mass is 10.2. The van der Waals surface area contributed by atoms with Gasteiger partial charge in [0, 0.05) is 25.7 Å². The molecule has 0 amide bonds. The third-order valence-electron chi connectivity index (χ3n) is 3.61. The van der Waals surface area contributed by atoms with Gasteiger partial charge in [0.05, 0.1) is 13.2 Å². The number of esters is 2. The number of carboxylic acids is 2. The number of carbonyl (C=O) groups excluding carboxylic acids is 2. The summed E-state index contributed by atoms with van der Waals surface area (Å²) in [5, 5.41) is 17.0. The SMILES string of the molecule is O=C(O)CCCCCOC(=O)CCCCC(=O)OCCCCCC(=O)O. The molecule has 0 fully saturated rings. The van der Waals surface area contributed by atoms with Gasteiger partial charge in [-0.25, -0.2) is 0 Å². The second-order valence-corrected chi connectivity index (χ2v) is 6.06. The molecule has 0 bridgehead atoms. The highest BCUT2D eigenvalue weighted by Crippen LogP contribution is 2.06. The number of ether oxygens (including phenoxy) is 2. The summed E-state index contributed by atoms with van der Waals surface area (Å²) in [5.41, 5.74) is 0. The molecule has 0 saturated carbocycles. The Labute approximate surface area is 153 Å². The van der Waals surface area contributed by atoms with E-state index >= 15 is 0 Å². The van der Waals surface area contributed by atoms with E-state index in [4.69, 9.17) is 19.7 Å². The number of carboxylic acid groups (broad SMARTS) is 2. The van der Waals surface area contributed by atoms with E-state index in [1.807, 2.05) is 0 Å². The van der Waals surface area contributed by atoms with E-state index in [9.17, 15) is 19.2 Å². The van der Waals surface area contributed by atoms with Crippen molar-refractivity contribution in [2.24, 2.45) is 0 Å². The first-order valence-electron chi connectivity index (χ1n) is 9.16. The van der Waals surface area contributed by atoms with Gasteiger partial charge in [-0.15, -0.1) is 0 Å². The molecule has 8 nitrogen and oxygen atoms in total. The van der Waals surface area contributed by atoms with Crippen molar-refractivity contribution in [3.05, 3.63) is 0 Å². The van der Waals surface area contributed by atoms with Crippen LogP contribution in [0, 0.1) is 0 Å². The van der Waals surface area contributed by atoms with Gasteiger partial charge in [-0.05, 0) is 51.4 Å². The second kappa shape index (κ2) is 16.4. The molecule has 0 heterocycles. The van der Waals surface area contributed by atoms with Crippen molar-refractivity contribution in [1.82, 2.24) is 0 Å². The Morgan fingerprint density at radius 1 is 0.500 bits per heavy atom. The lowest BCUT2D eigenvalue weighted by Crippen LogP contribution is -2.08. The van der Waals surface area contributed by atoms with E-state index < -0.39 is 11.9 Å². The predicted molar refractivity (Wildman–Crippen MR) is 92.6 cm³/mol. The molecule has 0 aliphatic heterocycles. The highest BCUT2D eigenvalue weighted by atomic mass is 16.5. The van der Waals surface area contributed by atoms with Gasteiger partial charge in [0.2, 0.25) is 0 Å². The van der Waals surface area contributed by atoms with Crippen LogP contribution in [0.25, 0.3) is 0 Å². The van der Waals surface area contributed by atoms with Crippen LogP contribution in [0.5, 0.6) is 0 Å². The third-order valence-corrected chi connectivity index (χ3v) is 3.61. The lowest BCUT2D eigenvalue weighted by molar-refractivity contribution is -0.146. The Bertz CT molecular complexity index is 393. The molecule has 0 rings (SSSR count). The van der Waals surface area contributed by atoms with Crippen molar-refractivity contribution in [2.45, 2.75) is 77.0 Å². The normalized spacial score (nSPS) is 10.3. The number of carbonyl (C=O) groups is 4. The maximum absolute atomic E-state index is 11.5. The van der Waals surface area contributed by atoms with Crippen LogP contribution in [0.1, 0.15) is 77.0 Å². The minimum Gasteiger partial charge on any atom is -0.481 e. The summed E-state index contributed by atoms with van der Waals surface area (Å²) < 4.78 is 10.1. The van der Waals surface area contributed by atoms with Crippen LogP contribution < -0.4 is 0 Å². The van der Waals surface area contributed by atoms with Gasteiger partial charge in [0.1, 0.15) is 0 Å². The molecule has 0 radical (unpaired) electrons. The first-order valence-corrected chi connectivity index (χ1v) is 9.16. The summed E-state index contributed by atoms with van der Waals surface area (Å²) in [6.45, 7) is 0.588. The molecule has 0 spiro atoms. The Hall–Kier alpha value is -2.12. The monoisotopic (exact) mass is 374 g/mol. The van der Waals surface area contributed by atoms with Crippen molar-refractivity contribution in [1.29, 1.82) is 0 Å². The molecule has 150 valence electrons. The van der Waals surface area contributed by atoms with E-state index in [1.165, 1.54) is 0 Å². The summed E-state index contributed by atoms with van der Waals surface area (Å²) in [5.74, 6) is -2.26. The topological polar surface area (TPSA) is 127 Å². The van der Waals surface area contributed by atoms with Crippen LogP contribution in [-0.2, 0) is 28.7 Å². The van der Waals surface area contributed by atoms with Gasteiger partial charge in [-0.2, -0.15) is 0 Å². The van der Waals surface area contributed by atoms with Gasteiger partial charge in [0.15, 0.2) is 0 Å². The van der Waals surface area contributed by atoms with Gasteiger partial charge >= 0.3 is 23.9 Å². The van der Waals surface area contributed by atoms with Crippen molar-refractivity contribution in [2.75, 3.05) is 13.2 Å². The van der Waals surface area contributed by atoms with Crippen molar-refractivity contribution >= 4 is 23.9 Å². The zero-order chi connectivity index (χ0) is 19.6. The number of rotatable bonds is 17. The highest BCUT2D eigenvalue weighted by molar-refractivity contribution is 5.70. The summed E-state index contributed by atoms with van der Waals surface area (Å²) >= 11 is 0. The predicted octanol–water partition coefficient (Wildman–Crippen LogP) is 2.92. The van der Waals surface area contributed by atoms with E-state index in [2.05, 4.69) is 0 Å². The Kier molecular flexibility index (Phi) is 15.0. The van der Waals surface area contributed by atoms with Crippen LogP contribution in [0.15, 0.2) is 0 Å². The molecule has 0 saturated heterocycles. The largest absolute Gasteiger partial charge is 0.481 e. The fourth-order valence-corrected chi connectivity index (χ4v) is 2.17. The molecule has 0 aromatic rings. The van der Waals surface area contributed by atoms with Crippen LogP contribution in [-0.4, -0.2) is 47.3 Å². The molecule has 8 heteroatoms. The molecule has 26 heavy (non-hydrogen) atoms. The number of hydrogen-bond acceptors (Lipinski definition) is 6. The maximum Gasteiger partial charge on any atom is 0.305 e. The van der Waals surface area contributed by atoms with E-state index in [-0.39, 0.29) is 37.6 Å². The standard InChI is InChI=1S/C18H30O8/c19-15(20)9-3-1-7-13-25-17(23)11-5-6-12-18(24)26-14-8-2-4-10-16(21)22/h1-14H2,(H,19,20)(H,21,22). The first kappa shape index (κ1) is 23.9. The molecule has 0 aromatic heterocycles. The van der Waals surface area contributed by atoms with Gasteiger partial charge in [-0.3, -0.25) is 19.2 Å². The quantitative estimate of drug-likeness (QED) is 0.294. The number of hydrogen-bond donors (Lipinski definition) is 2. The average molecular weight is 374 g/mol. The van der Waals surface area contributed by atoms with Gasteiger partial charge in [-0.1, -0.05) is 0 Å². The molecular formula is C18H30O8. The van der Waals surface area contributed by atoms with E-state index in [1.54, 1.807) is 0 Å². The molecule has 0 aliphatic carbocycles. The second-order valence-electron chi connectivity index (χ2n) is 6.06. The molecule has 0 atom stereocenters.